The summed E-state index contributed by atoms with van der Waals surface area (Å²) >= 11 is 0. The second-order valence-corrected chi connectivity index (χ2v) is 9.39. The van der Waals surface area contributed by atoms with Crippen molar-refractivity contribution in [2.45, 2.75) is 31.9 Å². The number of pyridine rings is 1. The van der Waals surface area contributed by atoms with Gasteiger partial charge in [-0.05, 0) is 68.5 Å². The van der Waals surface area contributed by atoms with E-state index in [2.05, 4.69) is 16.8 Å². The van der Waals surface area contributed by atoms with E-state index in [9.17, 15) is 22.7 Å². The minimum atomic E-state index is -1.59. The Morgan fingerprint density at radius 1 is 1.11 bits per heavy atom. The Balaban J connectivity index is 1.38. The number of hydrogen-bond donors (Lipinski definition) is 1. The molecule has 0 aliphatic carbocycles. The number of ether oxygens (including phenoxy) is 1. The molecule has 1 atom stereocenters. The van der Waals surface area contributed by atoms with Gasteiger partial charge in [-0.2, -0.15) is 0 Å². The number of fused-ring (bicyclic) bond motifs is 1. The molecule has 0 saturated carbocycles. The van der Waals surface area contributed by atoms with Gasteiger partial charge in [-0.15, -0.1) is 0 Å². The lowest BCUT2D eigenvalue weighted by molar-refractivity contribution is 0.0343. The summed E-state index contributed by atoms with van der Waals surface area (Å²) < 4.78 is 75.7. The van der Waals surface area contributed by atoms with Crippen molar-refractivity contribution in [3.63, 3.8) is 0 Å². The molecule has 0 bridgehead atoms. The number of halogens is 5. The van der Waals surface area contributed by atoms with Gasteiger partial charge in [0, 0.05) is 23.6 Å². The first-order valence-corrected chi connectivity index (χ1v) is 12.0. The van der Waals surface area contributed by atoms with Crippen LogP contribution < -0.4 is 4.74 Å². The van der Waals surface area contributed by atoms with Crippen LogP contribution in [0.2, 0.25) is 0 Å². The molecule has 1 N–H and O–H groups in total. The molecule has 37 heavy (non-hydrogen) atoms. The smallest absolute Gasteiger partial charge is 0.174 e. The van der Waals surface area contributed by atoms with Crippen LogP contribution in [0.5, 0.6) is 5.75 Å². The van der Waals surface area contributed by atoms with Gasteiger partial charge in [0.15, 0.2) is 11.6 Å². The zero-order valence-electron chi connectivity index (χ0n) is 20.3. The molecule has 4 rings (SSSR count). The minimum absolute atomic E-state index is 0.0258. The van der Waals surface area contributed by atoms with Gasteiger partial charge in [0.2, 0.25) is 0 Å². The lowest BCUT2D eigenvalue weighted by Crippen LogP contribution is -2.42. The van der Waals surface area contributed by atoms with Crippen LogP contribution in [0.1, 0.15) is 43.0 Å². The molecule has 1 aliphatic rings. The van der Waals surface area contributed by atoms with Crippen LogP contribution in [0.3, 0.4) is 0 Å². The summed E-state index contributed by atoms with van der Waals surface area (Å²) in [7, 11) is 1.48. The molecule has 2 heterocycles. The van der Waals surface area contributed by atoms with Crippen molar-refractivity contribution >= 4 is 10.9 Å². The normalized spacial score (nSPS) is 16.3. The van der Waals surface area contributed by atoms with Gasteiger partial charge in [-0.3, -0.25) is 9.88 Å². The molecule has 0 spiro atoms. The van der Waals surface area contributed by atoms with Gasteiger partial charge in [-0.1, -0.05) is 11.8 Å². The summed E-state index contributed by atoms with van der Waals surface area (Å²) in [6.07, 6.45) is 0.930. The largest absolute Gasteiger partial charge is 0.497 e. The van der Waals surface area contributed by atoms with Gasteiger partial charge in [0.25, 0.3) is 0 Å². The number of aliphatic hydroxyl groups excluding tert-OH is 1. The van der Waals surface area contributed by atoms with E-state index < -0.39 is 34.9 Å². The fraction of sp³-hybridized carbons (Fsp3) is 0.393. The van der Waals surface area contributed by atoms with Crippen LogP contribution >= 0.6 is 0 Å². The van der Waals surface area contributed by atoms with Crippen LogP contribution in [0.25, 0.3) is 10.9 Å². The van der Waals surface area contributed by atoms with Crippen molar-refractivity contribution in [1.29, 1.82) is 0 Å². The predicted molar refractivity (Wildman–Crippen MR) is 130 cm³/mol. The Morgan fingerprint density at radius 3 is 2.57 bits per heavy atom. The summed E-state index contributed by atoms with van der Waals surface area (Å²) in [6, 6.07) is 6.20. The first-order chi connectivity index (χ1) is 17.7. The molecule has 0 amide bonds. The summed E-state index contributed by atoms with van der Waals surface area (Å²) in [4.78, 5) is 6.01. The summed E-state index contributed by atoms with van der Waals surface area (Å²) in [5.41, 5.74) is -0.470. The maximum atomic E-state index is 15.4. The topological polar surface area (TPSA) is 45.6 Å². The first-order valence-electron chi connectivity index (χ1n) is 12.0. The molecule has 1 aromatic heterocycles. The maximum absolute atomic E-state index is 15.4. The van der Waals surface area contributed by atoms with Crippen molar-refractivity contribution in [3.8, 4) is 17.6 Å². The first kappa shape index (κ1) is 26.8. The summed E-state index contributed by atoms with van der Waals surface area (Å²) in [5.74, 6) is 1.57. The van der Waals surface area contributed by atoms with Gasteiger partial charge in [0.1, 0.15) is 23.6 Å². The molecule has 2 aromatic carbocycles. The molecule has 1 saturated heterocycles. The quantitative estimate of drug-likeness (QED) is 0.247. The fourth-order valence-corrected chi connectivity index (χ4v) is 4.76. The monoisotopic (exact) mass is 518 g/mol. The number of rotatable bonds is 7. The van der Waals surface area contributed by atoms with Gasteiger partial charge >= 0.3 is 0 Å². The minimum Gasteiger partial charge on any atom is -0.497 e. The molecular formula is C28H27F5N2O2. The number of likely N-dealkylation sites (tertiary alicyclic amines) is 1. The highest BCUT2D eigenvalue weighted by molar-refractivity contribution is 5.84. The highest BCUT2D eigenvalue weighted by Gasteiger charge is 2.35. The van der Waals surface area contributed by atoms with E-state index in [1.807, 2.05) is 4.90 Å². The van der Waals surface area contributed by atoms with E-state index in [0.29, 0.717) is 55.1 Å². The lowest BCUT2D eigenvalue weighted by atomic mass is 9.74. The third-order valence-corrected chi connectivity index (χ3v) is 7.08. The Morgan fingerprint density at radius 2 is 1.86 bits per heavy atom. The summed E-state index contributed by atoms with van der Waals surface area (Å²) in [5, 5.41) is 10.5. The number of aromatic nitrogens is 1. The molecule has 0 unspecified atom stereocenters. The Labute approximate surface area is 212 Å². The zero-order chi connectivity index (χ0) is 26.6. The second-order valence-electron chi connectivity index (χ2n) is 9.39. The number of aliphatic hydroxyl groups is 1. The average Bonchev–Trinajstić information content (AvgIpc) is 2.90. The highest BCUT2D eigenvalue weighted by atomic mass is 19.2. The third-order valence-electron chi connectivity index (χ3n) is 7.08. The van der Waals surface area contributed by atoms with Crippen molar-refractivity contribution in [2.24, 2.45) is 5.41 Å². The van der Waals surface area contributed by atoms with E-state index >= 15 is 4.39 Å². The molecular weight excluding hydrogens is 491 g/mol. The predicted octanol–water partition coefficient (Wildman–Crippen LogP) is 5.72. The number of alkyl halides is 1. The molecule has 196 valence electrons. The molecule has 0 radical (unpaired) electrons. The van der Waals surface area contributed by atoms with Crippen molar-refractivity contribution in [3.05, 3.63) is 70.9 Å². The van der Waals surface area contributed by atoms with Crippen LogP contribution in [-0.4, -0.2) is 48.3 Å². The number of nitrogens with zero attached hydrogens (tertiary/aromatic N) is 2. The van der Waals surface area contributed by atoms with Gasteiger partial charge in [0.05, 0.1) is 30.9 Å². The van der Waals surface area contributed by atoms with E-state index in [1.54, 1.807) is 18.2 Å². The highest BCUT2D eigenvalue weighted by Crippen LogP contribution is 2.40. The van der Waals surface area contributed by atoms with E-state index in [-0.39, 0.29) is 30.7 Å². The number of piperidine rings is 1. The van der Waals surface area contributed by atoms with Crippen molar-refractivity contribution in [2.75, 3.05) is 33.4 Å². The molecule has 4 nitrogen and oxygen atoms in total. The van der Waals surface area contributed by atoms with Gasteiger partial charge in [-0.25, -0.2) is 22.0 Å². The van der Waals surface area contributed by atoms with Crippen molar-refractivity contribution in [1.82, 2.24) is 9.88 Å². The number of methoxy groups -OCH3 is 1. The van der Waals surface area contributed by atoms with E-state index in [1.165, 1.54) is 7.11 Å². The van der Waals surface area contributed by atoms with Crippen LogP contribution in [0, 0.1) is 40.5 Å². The number of hydrogen-bond acceptors (Lipinski definition) is 4. The summed E-state index contributed by atoms with van der Waals surface area (Å²) in [6.45, 7) is 1.22. The van der Waals surface area contributed by atoms with E-state index in [0.717, 1.165) is 12.3 Å². The van der Waals surface area contributed by atoms with Crippen molar-refractivity contribution < 1.29 is 31.8 Å². The lowest BCUT2D eigenvalue weighted by Gasteiger charge is -2.40. The molecule has 1 aliphatic heterocycles. The van der Waals surface area contributed by atoms with Gasteiger partial charge < -0.3 is 9.84 Å². The van der Waals surface area contributed by atoms with Crippen LogP contribution in [0.4, 0.5) is 22.0 Å². The van der Waals surface area contributed by atoms with Crippen LogP contribution in [-0.2, 0) is 0 Å². The fourth-order valence-electron chi connectivity index (χ4n) is 4.76. The maximum Gasteiger partial charge on any atom is 0.174 e. The standard InChI is InChI=1S/C28H27F5N2O2/c1-37-20-4-5-25-21(15-20)26(24(32)16-34-25)22(30)6-7-28(17-36)8-11-35(12-9-28)10-2-3-18-13-19(29)14-23(31)27(18)33/h4-5,13-16,22,36H,6-12,17H2,1H3/t22-/m0/s1. The molecule has 3 aromatic rings. The molecule has 1 fully saturated rings. The third kappa shape index (κ3) is 6.03. The SMILES string of the molecule is COc1ccc2ncc(F)c([C@@H](F)CCC3(CO)CCN(CC#Cc4cc(F)cc(F)c4F)CC3)c2c1. The second kappa shape index (κ2) is 11.4. The number of benzene rings is 2. The molecule has 9 heteroatoms. The Hall–Kier alpha value is -3.22. The Kier molecular flexibility index (Phi) is 8.30. The van der Waals surface area contributed by atoms with Crippen LogP contribution in [0.15, 0.2) is 36.5 Å². The van der Waals surface area contributed by atoms with E-state index in [4.69, 9.17) is 4.74 Å². The Bertz CT molecular complexity index is 1330. The average molecular weight is 519 g/mol. The zero-order valence-corrected chi connectivity index (χ0v) is 20.3.